The molecule has 2 fully saturated rings. The summed E-state index contributed by atoms with van der Waals surface area (Å²) in [6.45, 7) is 1.45. The summed E-state index contributed by atoms with van der Waals surface area (Å²) in [5, 5.41) is 0. The minimum atomic E-state index is -0.361. The molecule has 2 unspecified atom stereocenters. The first-order chi connectivity index (χ1) is 5.26. The molecular formula is C7H10Br2O2. The summed E-state index contributed by atoms with van der Waals surface area (Å²) in [7, 11) is 0. The maximum Gasteiger partial charge on any atom is 0.193 e. The predicted molar refractivity (Wildman–Crippen MR) is 49.3 cm³/mol. The largest absolute Gasteiger partial charge is 0.345 e. The molecule has 2 nitrogen and oxygen atoms in total. The molecule has 11 heavy (non-hydrogen) atoms. The predicted octanol–water partition coefficient (Wildman–Crippen LogP) is 2.05. The molecule has 64 valence electrons. The van der Waals surface area contributed by atoms with Gasteiger partial charge in [0.15, 0.2) is 5.79 Å². The molecule has 2 rings (SSSR count). The smallest absolute Gasteiger partial charge is 0.193 e. The number of halogens is 2. The summed E-state index contributed by atoms with van der Waals surface area (Å²) in [5.41, 5.74) is 0. The van der Waals surface area contributed by atoms with Gasteiger partial charge in [0, 0.05) is 0 Å². The molecule has 1 heterocycles. The van der Waals surface area contributed by atoms with Crippen LogP contribution < -0.4 is 0 Å². The van der Waals surface area contributed by atoms with Crippen LogP contribution in [0.4, 0.5) is 0 Å². The fourth-order valence-corrected chi connectivity index (χ4v) is 3.75. The molecule has 1 spiro atoms. The van der Waals surface area contributed by atoms with Gasteiger partial charge in [0.25, 0.3) is 0 Å². The van der Waals surface area contributed by atoms with Gasteiger partial charge >= 0.3 is 0 Å². The van der Waals surface area contributed by atoms with E-state index in [0.29, 0.717) is 9.65 Å². The lowest BCUT2D eigenvalue weighted by Gasteiger charge is -2.28. The average Bonchev–Trinajstić information content (AvgIpc) is 2.56. The van der Waals surface area contributed by atoms with Crippen molar-refractivity contribution >= 4 is 31.9 Å². The zero-order valence-corrected chi connectivity index (χ0v) is 9.23. The van der Waals surface area contributed by atoms with Crippen LogP contribution in [-0.2, 0) is 9.47 Å². The van der Waals surface area contributed by atoms with Crippen molar-refractivity contribution in [3.63, 3.8) is 0 Å². The summed E-state index contributed by atoms with van der Waals surface area (Å²) < 4.78 is 11.2. The highest BCUT2D eigenvalue weighted by Gasteiger charge is 2.53. The van der Waals surface area contributed by atoms with Crippen LogP contribution in [0.25, 0.3) is 0 Å². The van der Waals surface area contributed by atoms with E-state index in [1.807, 2.05) is 0 Å². The third-order valence-electron chi connectivity index (χ3n) is 2.29. The van der Waals surface area contributed by atoms with E-state index in [4.69, 9.17) is 9.47 Å². The van der Waals surface area contributed by atoms with Gasteiger partial charge in [-0.05, 0) is 12.8 Å². The zero-order valence-electron chi connectivity index (χ0n) is 6.06. The third kappa shape index (κ3) is 1.19. The van der Waals surface area contributed by atoms with E-state index < -0.39 is 0 Å². The first-order valence-corrected chi connectivity index (χ1v) is 5.65. The van der Waals surface area contributed by atoms with Crippen LogP contribution in [0.2, 0.25) is 0 Å². The normalized spacial score (nSPS) is 42.0. The number of rotatable bonds is 0. The molecule has 0 radical (unpaired) electrons. The molecule has 1 aliphatic heterocycles. The van der Waals surface area contributed by atoms with E-state index >= 15 is 0 Å². The van der Waals surface area contributed by atoms with Crippen molar-refractivity contribution in [3.05, 3.63) is 0 Å². The molecule has 2 aliphatic rings. The van der Waals surface area contributed by atoms with E-state index in [2.05, 4.69) is 31.9 Å². The summed E-state index contributed by atoms with van der Waals surface area (Å²) in [4.78, 5) is 0.698. The van der Waals surface area contributed by atoms with Gasteiger partial charge < -0.3 is 9.47 Å². The Labute approximate surface area is 82.9 Å². The lowest BCUT2D eigenvalue weighted by Crippen LogP contribution is -2.42. The molecule has 1 saturated carbocycles. The van der Waals surface area contributed by atoms with Gasteiger partial charge in [-0.15, -0.1) is 0 Å². The molecule has 1 saturated heterocycles. The topological polar surface area (TPSA) is 18.5 Å². The minimum absolute atomic E-state index is 0.349. The van der Waals surface area contributed by atoms with Crippen LogP contribution in [0.1, 0.15) is 12.8 Å². The van der Waals surface area contributed by atoms with E-state index in [0.717, 1.165) is 26.1 Å². The lowest BCUT2D eigenvalue weighted by atomic mass is 10.2. The molecule has 0 amide bonds. The molecule has 0 bridgehead atoms. The van der Waals surface area contributed by atoms with Crippen LogP contribution in [-0.4, -0.2) is 28.7 Å². The molecule has 0 N–H and O–H groups in total. The summed E-state index contributed by atoms with van der Waals surface area (Å²) >= 11 is 7.17. The number of alkyl halides is 2. The van der Waals surface area contributed by atoms with Gasteiger partial charge in [0.05, 0.1) is 22.9 Å². The second-order valence-corrected chi connectivity index (χ2v) is 5.14. The van der Waals surface area contributed by atoms with Gasteiger partial charge in [0.1, 0.15) is 0 Å². The fourth-order valence-electron chi connectivity index (χ4n) is 1.70. The quantitative estimate of drug-likeness (QED) is 0.634. The van der Waals surface area contributed by atoms with Crippen LogP contribution in [0.3, 0.4) is 0 Å². The zero-order chi connectivity index (χ0) is 7.90. The number of hydrogen-bond donors (Lipinski definition) is 0. The SMILES string of the molecule is BrC1CCC(Br)C12OCCO2. The lowest BCUT2D eigenvalue weighted by molar-refractivity contribution is -0.139. The maximum absolute atomic E-state index is 5.61. The van der Waals surface area contributed by atoms with E-state index in [9.17, 15) is 0 Å². The number of ether oxygens (including phenoxy) is 2. The number of hydrogen-bond acceptors (Lipinski definition) is 2. The summed E-state index contributed by atoms with van der Waals surface area (Å²) in [6.07, 6.45) is 2.24. The van der Waals surface area contributed by atoms with Gasteiger partial charge in [-0.3, -0.25) is 0 Å². The van der Waals surface area contributed by atoms with Gasteiger partial charge in [0.2, 0.25) is 0 Å². The Kier molecular flexibility index (Phi) is 2.30. The average molecular weight is 286 g/mol. The Balaban J connectivity index is 2.19. The van der Waals surface area contributed by atoms with Gasteiger partial charge in [-0.1, -0.05) is 31.9 Å². The Bertz CT molecular complexity index is 145. The van der Waals surface area contributed by atoms with Crippen molar-refractivity contribution in [1.82, 2.24) is 0 Å². The van der Waals surface area contributed by atoms with Crippen LogP contribution >= 0.6 is 31.9 Å². The Morgan fingerprint density at radius 1 is 1.00 bits per heavy atom. The second-order valence-electron chi connectivity index (χ2n) is 2.93. The molecule has 2 atom stereocenters. The highest BCUT2D eigenvalue weighted by atomic mass is 79.9. The van der Waals surface area contributed by atoms with Crippen molar-refractivity contribution in [1.29, 1.82) is 0 Å². The van der Waals surface area contributed by atoms with Gasteiger partial charge in [-0.2, -0.15) is 0 Å². The van der Waals surface area contributed by atoms with Crippen LogP contribution in [0, 0.1) is 0 Å². The van der Waals surface area contributed by atoms with Crippen LogP contribution in [0.5, 0.6) is 0 Å². The molecular weight excluding hydrogens is 276 g/mol. The molecule has 0 aromatic rings. The Morgan fingerprint density at radius 3 is 1.91 bits per heavy atom. The monoisotopic (exact) mass is 284 g/mol. The highest BCUT2D eigenvalue weighted by molar-refractivity contribution is 9.10. The molecule has 0 aromatic carbocycles. The highest BCUT2D eigenvalue weighted by Crippen LogP contribution is 2.45. The fraction of sp³-hybridized carbons (Fsp3) is 1.00. The third-order valence-corrected chi connectivity index (χ3v) is 4.48. The van der Waals surface area contributed by atoms with Crippen molar-refractivity contribution in [2.24, 2.45) is 0 Å². The molecule has 1 aliphatic carbocycles. The van der Waals surface area contributed by atoms with Crippen LogP contribution in [0.15, 0.2) is 0 Å². The summed E-state index contributed by atoms with van der Waals surface area (Å²) in [6, 6.07) is 0. The van der Waals surface area contributed by atoms with Crippen molar-refractivity contribution < 1.29 is 9.47 Å². The second kappa shape index (κ2) is 2.98. The maximum atomic E-state index is 5.61. The summed E-state index contributed by atoms with van der Waals surface area (Å²) in [5.74, 6) is -0.361. The van der Waals surface area contributed by atoms with E-state index in [-0.39, 0.29) is 5.79 Å². The minimum Gasteiger partial charge on any atom is -0.345 e. The van der Waals surface area contributed by atoms with Crippen molar-refractivity contribution in [2.45, 2.75) is 28.3 Å². The van der Waals surface area contributed by atoms with Gasteiger partial charge in [-0.25, -0.2) is 0 Å². The van der Waals surface area contributed by atoms with E-state index in [1.165, 1.54) is 0 Å². The Hall–Kier alpha value is 0.880. The van der Waals surface area contributed by atoms with Crippen molar-refractivity contribution in [3.8, 4) is 0 Å². The first-order valence-electron chi connectivity index (χ1n) is 3.82. The van der Waals surface area contributed by atoms with E-state index in [1.54, 1.807) is 0 Å². The first kappa shape index (κ1) is 8.48. The van der Waals surface area contributed by atoms with Crippen molar-refractivity contribution in [2.75, 3.05) is 13.2 Å². The molecule has 0 aromatic heterocycles. The Morgan fingerprint density at radius 2 is 1.45 bits per heavy atom. The molecule has 4 heteroatoms. The standard InChI is InChI=1S/C7H10Br2O2/c8-5-1-2-6(9)7(5)10-3-4-11-7/h5-6H,1-4H2.